The highest BCUT2D eigenvalue weighted by Crippen LogP contribution is 2.15. The van der Waals surface area contributed by atoms with Crippen molar-refractivity contribution < 1.29 is 0 Å². The van der Waals surface area contributed by atoms with Crippen LogP contribution in [0.25, 0.3) is 0 Å². The van der Waals surface area contributed by atoms with Crippen LogP contribution in [0, 0.1) is 5.92 Å². The van der Waals surface area contributed by atoms with E-state index in [9.17, 15) is 0 Å². The molecule has 1 atom stereocenters. The third-order valence-electron chi connectivity index (χ3n) is 2.38. The lowest BCUT2D eigenvalue weighted by molar-refractivity contribution is 0.323. The van der Waals surface area contributed by atoms with E-state index in [0.717, 1.165) is 5.92 Å². The molecule has 0 radical (unpaired) electrons. The molecular formula is C10H19N. The summed E-state index contributed by atoms with van der Waals surface area (Å²) in [5.74, 6) is 0.812. The van der Waals surface area contributed by atoms with Crippen LogP contribution in [0.4, 0.5) is 0 Å². The zero-order chi connectivity index (χ0) is 8.10. The molecule has 0 amide bonds. The van der Waals surface area contributed by atoms with Crippen LogP contribution in [0.2, 0.25) is 0 Å². The van der Waals surface area contributed by atoms with E-state index in [1.807, 2.05) is 0 Å². The lowest BCUT2D eigenvalue weighted by atomic mass is 10.0. The van der Waals surface area contributed by atoms with Gasteiger partial charge in [-0.25, -0.2) is 0 Å². The molecule has 0 aromatic carbocycles. The van der Waals surface area contributed by atoms with E-state index in [1.54, 1.807) is 0 Å². The van der Waals surface area contributed by atoms with Crippen molar-refractivity contribution in [2.75, 3.05) is 20.1 Å². The first-order valence-corrected chi connectivity index (χ1v) is 4.64. The monoisotopic (exact) mass is 153 g/mol. The van der Waals surface area contributed by atoms with Crippen LogP contribution >= 0.6 is 0 Å². The Kier molecular flexibility index (Phi) is 3.64. The molecule has 0 aromatic rings. The van der Waals surface area contributed by atoms with Crippen molar-refractivity contribution in [3.05, 3.63) is 12.2 Å². The van der Waals surface area contributed by atoms with E-state index in [-0.39, 0.29) is 0 Å². The zero-order valence-electron chi connectivity index (χ0n) is 7.71. The first-order valence-electron chi connectivity index (χ1n) is 4.64. The molecule has 0 bridgehead atoms. The Morgan fingerprint density at radius 3 is 2.91 bits per heavy atom. The van der Waals surface area contributed by atoms with Crippen molar-refractivity contribution in [3.8, 4) is 0 Å². The molecule has 0 aromatic heterocycles. The Morgan fingerprint density at radius 1 is 1.36 bits per heavy atom. The average Bonchev–Trinajstić information content (AvgIpc) is 2.15. The molecule has 1 saturated heterocycles. The number of rotatable bonds is 1. The first kappa shape index (κ1) is 8.79. The van der Waals surface area contributed by atoms with Crippen LogP contribution in [-0.2, 0) is 0 Å². The number of hydrogen-bond acceptors (Lipinski definition) is 1. The maximum absolute atomic E-state index is 2.44. The van der Waals surface area contributed by atoms with E-state index in [1.165, 1.54) is 32.4 Å². The lowest BCUT2D eigenvalue weighted by Gasteiger charge is -2.16. The van der Waals surface area contributed by atoms with Gasteiger partial charge in [0.1, 0.15) is 0 Å². The summed E-state index contributed by atoms with van der Waals surface area (Å²) in [5.41, 5.74) is 0. The topological polar surface area (TPSA) is 3.24 Å². The Hall–Kier alpha value is -0.300. The number of nitrogens with zero attached hydrogens (tertiary/aromatic N) is 1. The van der Waals surface area contributed by atoms with Gasteiger partial charge in [-0.2, -0.15) is 0 Å². The second-order valence-corrected chi connectivity index (χ2v) is 3.54. The Bertz CT molecular complexity index is 129. The average molecular weight is 153 g/mol. The molecule has 1 heterocycles. The predicted octanol–water partition coefficient (Wildman–Crippen LogP) is 2.29. The van der Waals surface area contributed by atoms with Crippen LogP contribution in [-0.4, -0.2) is 25.0 Å². The van der Waals surface area contributed by atoms with Crippen molar-refractivity contribution >= 4 is 0 Å². The maximum atomic E-state index is 2.44. The number of allylic oxidation sites excluding steroid dienone is 1. The molecule has 1 heteroatoms. The van der Waals surface area contributed by atoms with Crippen molar-refractivity contribution in [2.24, 2.45) is 5.92 Å². The Balaban J connectivity index is 2.39. The lowest BCUT2D eigenvalue weighted by Crippen LogP contribution is -2.22. The second kappa shape index (κ2) is 4.55. The summed E-state index contributed by atoms with van der Waals surface area (Å²) in [6.45, 7) is 4.66. The number of hydrogen-bond donors (Lipinski definition) is 0. The highest BCUT2D eigenvalue weighted by molar-refractivity contribution is 4.88. The molecule has 1 aliphatic rings. The third kappa shape index (κ3) is 3.06. The number of likely N-dealkylation sites (tertiary alicyclic amines) is 1. The van der Waals surface area contributed by atoms with Gasteiger partial charge >= 0.3 is 0 Å². The van der Waals surface area contributed by atoms with Crippen molar-refractivity contribution in [1.29, 1.82) is 0 Å². The van der Waals surface area contributed by atoms with Gasteiger partial charge in [0.15, 0.2) is 0 Å². The predicted molar refractivity (Wildman–Crippen MR) is 49.7 cm³/mol. The molecule has 1 aliphatic heterocycles. The smallest absolute Gasteiger partial charge is 0.00413 e. The largest absolute Gasteiger partial charge is 0.306 e. The summed E-state index contributed by atoms with van der Waals surface area (Å²) < 4.78 is 0. The van der Waals surface area contributed by atoms with E-state index in [2.05, 4.69) is 31.0 Å². The van der Waals surface area contributed by atoms with Crippen molar-refractivity contribution in [2.45, 2.75) is 26.2 Å². The molecule has 64 valence electrons. The van der Waals surface area contributed by atoms with E-state index < -0.39 is 0 Å². The minimum absolute atomic E-state index is 0.812. The molecule has 0 saturated carbocycles. The van der Waals surface area contributed by atoms with Crippen LogP contribution in [0.5, 0.6) is 0 Å². The summed E-state index contributed by atoms with van der Waals surface area (Å²) in [4.78, 5) is 2.44. The third-order valence-corrected chi connectivity index (χ3v) is 2.38. The fourth-order valence-electron chi connectivity index (χ4n) is 1.80. The van der Waals surface area contributed by atoms with Gasteiger partial charge in [0, 0.05) is 6.54 Å². The maximum Gasteiger partial charge on any atom is 0.00413 e. The van der Waals surface area contributed by atoms with Crippen LogP contribution < -0.4 is 0 Å². The standard InChI is InChI=1S/C10H19N/c1-3-6-10-7-4-5-8-11(2)9-10/h3,6,10H,4-5,7-9H2,1-2H3/b6-3+. The summed E-state index contributed by atoms with van der Waals surface area (Å²) in [5, 5.41) is 0. The summed E-state index contributed by atoms with van der Waals surface area (Å²) in [6.07, 6.45) is 8.70. The van der Waals surface area contributed by atoms with Gasteiger partial charge < -0.3 is 4.90 Å². The summed E-state index contributed by atoms with van der Waals surface area (Å²) in [7, 11) is 2.22. The van der Waals surface area contributed by atoms with Gasteiger partial charge in [-0.3, -0.25) is 0 Å². The SMILES string of the molecule is C/C=C/C1CCCCN(C)C1. The fourth-order valence-corrected chi connectivity index (χ4v) is 1.80. The molecule has 1 unspecified atom stereocenters. The van der Waals surface area contributed by atoms with Crippen molar-refractivity contribution in [3.63, 3.8) is 0 Å². The Morgan fingerprint density at radius 2 is 2.18 bits per heavy atom. The van der Waals surface area contributed by atoms with Crippen LogP contribution in [0.15, 0.2) is 12.2 Å². The first-order chi connectivity index (χ1) is 5.33. The highest BCUT2D eigenvalue weighted by Gasteiger charge is 2.11. The van der Waals surface area contributed by atoms with Gasteiger partial charge in [-0.05, 0) is 39.3 Å². The highest BCUT2D eigenvalue weighted by atomic mass is 15.1. The Labute approximate surface area is 70.1 Å². The summed E-state index contributed by atoms with van der Waals surface area (Å²) in [6, 6.07) is 0. The van der Waals surface area contributed by atoms with Gasteiger partial charge in [0.25, 0.3) is 0 Å². The zero-order valence-corrected chi connectivity index (χ0v) is 7.71. The quantitative estimate of drug-likeness (QED) is 0.522. The summed E-state index contributed by atoms with van der Waals surface area (Å²) >= 11 is 0. The fraction of sp³-hybridized carbons (Fsp3) is 0.800. The van der Waals surface area contributed by atoms with E-state index in [0.29, 0.717) is 0 Å². The molecular weight excluding hydrogens is 134 g/mol. The molecule has 11 heavy (non-hydrogen) atoms. The minimum atomic E-state index is 0.812. The van der Waals surface area contributed by atoms with Crippen LogP contribution in [0.3, 0.4) is 0 Å². The van der Waals surface area contributed by atoms with Gasteiger partial charge in [-0.15, -0.1) is 0 Å². The molecule has 1 fully saturated rings. The van der Waals surface area contributed by atoms with E-state index >= 15 is 0 Å². The minimum Gasteiger partial charge on any atom is -0.306 e. The van der Waals surface area contributed by atoms with Gasteiger partial charge in [0.05, 0.1) is 0 Å². The molecule has 0 N–H and O–H groups in total. The second-order valence-electron chi connectivity index (χ2n) is 3.54. The molecule has 1 nitrogen and oxygen atoms in total. The van der Waals surface area contributed by atoms with Gasteiger partial charge in [-0.1, -0.05) is 18.6 Å². The van der Waals surface area contributed by atoms with Gasteiger partial charge in [0.2, 0.25) is 0 Å². The molecule has 0 spiro atoms. The van der Waals surface area contributed by atoms with Crippen molar-refractivity contribution in [1.82, 2.24) is 4.90 Å². The molecule has 1 rings (SSSR count). The van der Waals surface area contributed by atoms with E-state index in [4.69, 9.17) is 0 Å². The van der Waals surface area contributed by atoms with Crippen LogP contribution in [0.1, 0.15) is 26.2 Å². The normalized spacial score (nSPS) is 29.1. The molecule has 0 aliphatic carbocycles.